The minimum Gasteiger partial charge on any atom is -0.409 e. The van der Waals surface area contributed by atoms with E-state index in [0.717, 1.165) is 0 Å². The van der Waals surface area contributed by atoms with Gasteiger partial charge in [0, 0.05) is 25.6 Å². The van der Waals surface area contributed by atoms with Crippen LogP contribution in [0.1, 0.15) is 20.3 Å². The fraction of sp³-hybridized carbons (Fsp3) is 0.875. The molecule has 0 bridgehead atoms. The van der Waals surface area contributed by atoms with Crippen molar-refractivity contribution in [2.45, 2.75) is 32.4 Å². The quantitative estimate of drug-likeness (QED) is 0.240. The number of rotatable bonds is 6. The maximum Gasteiger partial charge on any atom is 0.140 e. The summed E-state index contributed by atoms with van der Waals surface area (Å²) < 4.78 is 4.96. The van der Waals surface area contributed by atoms with Gasteiger partial charge in [0.1, 0.15) is 5.84 Å². The third kappa shape index (κ3) is 6.36. The van der Waals surface area contributed by atoms with Crippen LogP contribution in [0.4, 0.5) is 0 Å². The van der Waals surface area contributed by atoms with Crippen molar-refractivity contribution < 1.29 is 9.94 Å². The van der Waals surface area contributed by atoms with Crippen molar-refractivity contribution in [3.63, 3.8) is 0 Å². The van der Waals surface area contributed by atoms with Crippen LogP contribution in [-0.4, -0.2) is 36.8 Å². The number of hydrogen-bond donors (Lipinski definition) is 3. The van der Waals surface area contributed by atoms with E-state index in [1.54, 1.807) is 7.11 Å². The molecule has 0 fully saturated rings. The van der Waals surface area contributed by atoms with Gasteiger partial charge < -0.3 is 21.0 Å². The van der Waals surface area contributed by atoms with Gasteiger partial charge in [0.15, 0.2) is 0 Å². The van der Waals surface area contributed by atoms with E-state index in [1.165, 1.54) is 0 Å². The van der Waals surface area contributed by atoms with Crippen LogP contribution in [-0.2, 0) is 4.74 Å². The van der Waals surface area contributed by atoms with Gasteiger partial charge in [-0.15, -0.1) is 0 Å². The molecule has 2 atom stereocenters. The van der Waals surface area contributed by atoms with Crippen molar-refractivity contribution in [1.29, 1.82) is 0 Å². The Balaban J connectivity index is 3.67. The summed E-state index contributed by atoms with van der Waals surface area (Å²) in [6, 6.07) is 0.451. The van der Waals surface area contributed by atoms with E-state index in [1.807, 2.05) is 13.8 Å². The molecule has 0 aromatic heterocycles. The van der Waals surface area contributed by atoms with Gasteiger partial charge in [-0.05, 0) is 13.8 Å². The highest BCUT2D eigenvalue weighted by Gasteiger charge is 2.08. The van der Waals surface area contributed by atoms with Gasteiger partial charge in [-0.1, -0.05) is 5.16 Å². The number of ether oxygens (including phenoxy) is 1. The molecule has 0 heterocycles. The summed E-state index contributed by atoms with van der Waals surface area (Å²) in [4.78, 5) is 0. The summed E-state index contributed by atoms with van der Waals surface area (Å²) in [5, 5.41) is 14.5. The molecule has 4 N–H and O–H groups in total. The average Bonchev–Trinajstić information content (AvgIpc) is 2.04. The largest absolute Gasteiger partial charge is 0.409 e. The smallest absolute Gasteiger partial charge is 0.140 e. The van der Waals surface area contributed by atoms with Crippen molar-refractivity contribution in [1.82, 2.24) is 5.32 Å². The summed E-state index contributed by atoms with van der Waals surface area (Å²) >= 11 is 0. The Hall–Kier alpha value is -0.810. The Bertz CT molecular complexity index is 161. The first kappa shape index (κ1) is 12.2. The molecule has 0 rings (SSSR count). The Morgan fingerprint density at radius 2 is 2.15 bits per heavy atom. The summed E-state index contributed by atoms with van der Waals surface area (Å²) in [5.41, 5.74) is 5.35. The standard InChI is InChI=1S/C8H19N3O2/c1-6(4-8(9)11-12)10-7(2)5-13-3/h6-7,10,12H,4-5H2,1-3H3,(H2,9,11). The number of methoxy groups -OCH3 is 1. The monoisotopic (exact) mass is 189 g/mol. The fourth-order valence-electron chi connectivity index (χ4n) is 1.20. The van der Waals surface area contributed by atoms with E-state index < -0.39 is 0 Å². The van der Waals surface area contributed by atoms with Gasteiger partial charge in [0.25, 0.3) is 0 Å². The fourth-order valence-corrected chi connectivity index (χ4v) is 1.20. The minimum atomic E-state index is 0.182. The summed E-state index contributed by atoms with van der Waals surface area (Å²) in [6.45, 7) is 4.65. The number of oxime groups is 1. The third-order valence-electron chi connectivity index (χ3n) is 1.63. The third-order valence-corrected chi connectivity index (χ3v) is 1.63. The number of amidine groups is 1. The van der Waals surface area contributed by atoms with Gasteiger partial charge >= 0.3 is 0 Å². The molecule has 0 amide bonds. The molecule has 0 aliphatic carbocycles. The summed E-state index contributed by atoms with van der Waals surface area (Å²) in [7, 11) is 1.66. The molecule has 0 saturated heterocycles. The minimum absolute atomic E-state index is 0.182. The lowest BCUT2D eigenvalue weighted by Gasteiger charge is -2.18. The number of nitrogens with one attached hydrogen (secondary N) is 1. The Morgan fingerprint density at radius 1 is 1.54 bits per heavy atom. The van der Waals surface area contributed by atoms with E-state index in [9.17, 15) is 0 Å². The Morgan fingerprint density at radius 3 is 2.62 bits per heavy atom. The van der Waals surface area contributed by atoms with Crippen molar-refractivity contribution in [2.24, 2.45) is 10.9 Å². The highest BCUT2D eigenvalue weighted by Crippen LogP contribution is 1.93. The van der Waals surface area contributed by atoms with Crippen LogP contribution >= 0.6 is 0 Å². The summed E-state index contributed by atoms with van der Waals surface area (Å²) in [5.74, 6) is 0.240. The van der Waals surface area contributed by atoms with Crippen LogP contribution in [0.2, 0.25) is 0 Å². The second kappa shape index (κ2) is 6.68. The number of hydrogen-bond acceptors (Lipinski definition) is 4. The average molecular weight is 189 g/mol. The topological polar surface area (TPSA) is 79.9 Å². The maximum atomic E-state index is 8.33. The van der Waals surface area contributed by atoms with E-state index >= 15 is 0 Å². The first-order valence-corrected chi connectivity index (χ1v) is 4.31. The van der Waals surface area contributed by atoms with Gasteiger partial charge in [0.2, 0.25) is 0 Å². The van der Waals surface area contributed by atoms with Gasteiger partial charge in [-0.25, -0.2) is 0 Å². The second-order valence-corrected chi connectivity index (χ2v) is 3.22. The van der Waals surface area contributed by atoms with E-state index in [4.69, 9.17) is 15.7 Å². The van der Waals surface area contributed by atoms with Crippen molar-refractivity contribution in [3.8, 4) is 0 Å². The molecule has 5 nitrogen and oxygen atoms in total. The van der Waals surface area contributed by atoms with E-state index in [-0.39, 0.29) is 17.9 Å². The summed E-state index contributed by atoms with van der Waals surface area (Å²) in [6.07, 6.45) is 0.532. The molecule has 0 aromatic rings. The van der Waals surface area contributed by atoms with Crippen LogP contribution in [0.3, 0.4) is 0 Å². The second-order valence-electron chi connectivity index (χ2n) is 3.22. The molecule has 0 aromatic carbocycles. The number of nitrogens with zero attached hydrogens (tertiary/aromatic N) is 1. The first-order valence-electron chi connectivity index (χ1n) is 4.31. The zero-order chi connectivity index (χ0) is 10.3. The normalized spacial score (nSPS) is 17.0. The maximum absolute atomic E-state index is 8.33. The molecule has 13 heavy (non-hydrogen) atoms. The van der Waals surface area contributed by atoms with Gasteiger partial charge in [-0.2, -0.15) is 0 Å². The SMILES string of the molecule is COCC(C)NC(C)CC(N)=NO. The molecular weight excluding hydrogens is 170 g/mol. The molecule has 0 aliphatic rings. The van der Waals surface area contributed by atoms with E-state index in [2.05, 4.69) is 10.5 Å². The molecular formula is C8H19N3O2. The van der Waals surface area contributed by atoms with Crippen LogP contribution < -0.4 is 11.1 Å². The lowest BCUT2D eigenvalue weighted by Crippen LogP contribution is -2.39. The predicted octanol–water partition coefficient (Wildman–Crippen LogP) is 0.136. The molecule has 0 saturated carbocycles. The van der Waals surface area contributed by atoms with Crippen molar-refractivity contribution in [2.75, 3.05) is 13.7 Å². The zero-order valence-electron chi connectivity index (χ0n) is 8.45. The molecule has 5 heteroatoms. The molecule has 0 spiro atoms. The highest BCUT2D eigenvalue weighted by molar-refractivity contribution is 5.80. The highest BCUT2D eigenvalue weighted by atomic mass is 16.5. The van der Waals surface area contributed by atoms with Crippen molar-refractivity contribution in [3.05, 3.63) is 0 Å². The predicted molar refractivity (Wildman–Crippen MR) is 52.0 cm³/mol. The lowest BCUT2D eigenvalue weighted by atomic mass is 10.2. The van der Waals surface area contributed by atoms with Crippen LogP contribution in [0.5, 0.6) is 0 Å². The molecule has 0 aliphatic heterocycles. The molecule has 2 unspecified atom stereocenters. The van der Waals surface area contributed by atoms with E-state index in [0.29, 0.717) is 13.0 Å². The van der Waals surface area contributed by atoms with Crippen LogP contribution in [0, 0.1) is 0 Å². The molecule has 0 radical (unpaired) electrons. The zero-order valence-corrected chi connectivity index (χ0v) is 8.45. The van der Waals surface area contributed by atoms with Crippen molar-refractivity contribution >= 4 is 5.84 Å². The van der Waals surface area contributed by atoms with Gasteiger partial charge in [0.05, 0.1) is 6.61 Å². The van der Waals surface area contributed by atoms with Crippen LogP contribution in [0.25, 0.3) is 0 Å². The Kier molecular flexibility index (Phi) is 6.26. The molecule has 78 valence electrons. The van der Waals surface area contributed by atoms with Gasteiger partial charge in [-0.3, -0.25) is 0 Å². The number of nitrogens with two attached hydrogens (primary N) is 1. The Labute approximate surface area is 78.9 Å². The first-order chi connectivity index (χ1) is 6.10. The lowest BCUT2D eigenvalue weighted by molar-refractivity contribution is 0.168. The van der Waals surface area contributed by atoms with Crippen LogP contribution in [0.15, 0.2) is 5.16 Å².